The van der Waals surface area contributed by atoms with E-state index in [1.807, 2.05) is 19.1 Å². The molecule has 0 saturated heterocycles. The topological polar surface area (TPSA) is 79.5 Å². The van der Waals surface area contributed by atoms with Crippen molar-refractivity contribution in [3.63, 3.8) is 0 Å². The van der Waals surface area contributed by atoms with Gasteiger partial charge in [-0.3, -0.25) is 4.79 Å². The van der Waals surface area contributed by atoms with Gasteiger partial charge < -0.3 is 20.7 Å². The number of benzene rings is 2. The number of hydrogen-bond acceptors (Lipinski definition) is 3. The molecule has 2 aromatic rings. The van der Waals surface area contributed by atoms with Crippen molar-refractivity contribution in [3.8, 4) is 5.75 Å². The Morgan fingerprint density at radius 3 is 2.69 bits per heavy atom. The molecule has 2 aromatic carbocycles. The van der Waals surface area contributed by atoms with E-state index in [0.29, 0.717) is 23.0 Å². The summed E-state index contributed by atoms with van der Waals surface area (Å²) in [5, 5.41) is 8.44. The number of halogens is 2. The predicted molar refractivity (Wildman–Crippen MR) is 106 cm³/mol. The Labute approximate surface area is 165 Å². The normalized spacial score (nSPS) is 10.1. The molecule has 3 N–H and O–H groups in total. The van der Waals surface area contributed by atoms with E-state index in [9.17, 15) is 9.59 Å². The van der Waals surface area contributed by atoms with E-state index in [2.05, 4.69) is 31.9 Å². The van der Waals surface area contributed by atoms with Crippen LogP contribution in [0.15, 0.2) is 46.9 Å². The molecule has 26 heavy (non-hydrogen) atoms. The van der Waals surface area contributed by atoms with Crippen LogP contribution in [-0.4, -0.2) is 31.6 Å². The van der Waals surface area contributed by atoms with Crippen LogP contribution >= 0.6 is 27.5 Å². The third-order valence-electron chi connectivity index (χ3n) is 3.32. The van der Waals surface area contributed by atoms with Crippen LogP contribution < -0.4 is 20.7 Å². The zero-order valence-corrected chi connectivity index (χ0v) is 16.5. The van der Waals surface area contributed by atoms with E-state index in [0.717, 1.165) is 10.0 Å². The summed E-state index contributed by atoms with van der Waals surface area (Å²) < 4.78 is 6.39. The predicted octanol–water partition coefficient (Wildman–Crippen LogP) is 3.73. The van der Waals surface area contributed by atoms with Gasteiger partial charge in [0.1, 0.15) is 12.4 Å². The van der Waals surface area contributed by atoms with Gasteiger partial charge in [0.15, 0.2) is 0 Å². The Hall–Kier alpha value is -2.25. The van der Waals surface area contributed by atoms with Gasteiger partial charge in [-0.15, -0.1) is 0 Å². The average Bonchev–Trinajstić information content (AvgIpc) is 2.59. The fourth-order valence-corrected chi connectivity index (χ4v) is 2.73. The molecule has 0 atom stereocenters. The molecule has 0 aliphatic carbocycles. The van der Waals surface area contributed by atoms with Gasteiger partial charge in [-0.1, -0.05) is 33.6 Å². The fourth-order valence-electron chi connectivity index (χ4n) is 2.08. The third-order valence-corrected chi connectivity index (χ3v) is 4.05. The maximum absolute atomic E-state index is 11.9. The van der Waals surface area contributed by atoms with E-state index in [1.54, 1.807) is 30.3 Å². The minimum absolute atomic E-state index is 0.128. The molecular formula is C18H19BrClN3O3. The highest BCUT2D eigenvalue weighted by Gasteiger charge is 2.07. The summed E-state index contributed by atoms with van der Waals surface area (Å²) in [6.07, 6.45) is 0. The van der Waals surface area contributed by atoms with Crippen LogP contribution in [0.1, 0.15) is 5.56 Å². The largest absolute Gasteiger partial charge is 0.492 e. The minimum atomic E-state index is -0.442. The van der Waals surface area contributed by atoms with Gasteiger partial charge in [0.2, 0.25) is 5.91 Å². The van der Waals surface area contributed by atoms with Crippen molar-refractivity contribution in [2.45, 2.75) is 6.92 Å². The van der Waals surface area contributed by atoms with Gasteiger partial charge in [-0.2, -0.15) is 0 Å². The smallest absolute Gasteiger partial charge is 0.315 e. The van der Waals surface area contributed by atoms with Crippen LogP contribution in [0.25, 0.3) is 0 Å². The highest BCUT2D eigenvalue weighted by molar-refractivity contribution is 9.10. The lowest BCUT2D eigenvalue weighted by Crippen LogP contribution is -2.41. The van der Waals surface area contributed by atoms with E-state index in [4.69, 9.17) is 16.3 Å². The first kappa shape index (κ1) is 20.1. The number of carbonyl (C=O) groups excluding carboxylic acids is 2. The lowest BCUT2D eigenvalue weighted by molar-refractivity contribution is -0.115. The van der Waals surface area contributed by atoms with Crippen LogP contribution in [0.4, 0.5) is 10.5 Å². The first-order valence-corrected chi connectivity index (χ1v) is 9.07. The van der Waals surface area contributed by atoms with Crippen LogP contribution in [-0.2, 0) is 4.79 Å². The molecule has 138 valence electrons. The van der Waals surface area contributed by atoms with Crippen LogP contribution in [0, 0.1) is 6.92 Å². The number of carbonyl (C=O) groups is 2. The summed E-state index contributed by atoms with van der Waals surface area (Å²) in [4.78, 5) is 23.6. The number of hydrogen-bond donors (Lipinski definition) is 3. The van der Waals surface area contributed by atoms with Gasteiger partial charge in [0, 0.05) is 15.2 Å². The van der Waals surface area contributed by atoms with Gasteiger partial charge in [-0.25, -0.2) is 4.79 Å². The molecule has 0 unspecified atom stereocenters. The van der Waals surface area contributed by atoms with Crippen molar-refractivity contribution in [1.82, 2.24) is 10.6 Å². The van der Waals surface area contributed by atoms with Crippen LogP contribution in [0.2, 0.25) is 5.02 Å². The second-order valence-corrected chi connectivity index (χ2v) is 6.77. The zero-order chi connectivity index (χ0) is 18.9. The number of ether oxygens (including phenoxy) is 1. The van der Waals surface area contributed by atoms with Crippen molar-refractivity contribution in [2.75, 3.05) is 25.0 Å². The second kappa shape index (κ2) is 10.0. The SMILES string of the molecule is Cc1cc(Br)ccc1NC(=O)CNC(=O)NCCOc1cccc(Cl)c1. The lowest BCUT2D eigenvalue weighted by atomic mass is 10.2. The first-order chi connectivity index (χ1) is 12.4. The van der Waals surface area contributed by atoms with E-state index in [1.165, 1.54) is 0 Å². The van der Waals surface area contributed by atoms with Gasteiger partial charge in [-0.05, 0) is 48.9 Å². The van der Waals surface area contributed by atoms with Gasteiger partial charge in [0.05, 0.1) is 13.1 Å². The molecule has 0 fully saturated rings. The van der Waals surface area contributed by atoms with E-state index >= 15 is 0 Å². The van der Waals surface area contributed by atoms with Crippen molar-refractivity contribution in [2.24, 2.45) is 0 Å². The summed E-state index contributed by atoms with van der Waals surface area (Å²) in [6.45, 7) is 2.35. The standard InChI is InChI=1S/C18H19BrClN3O3/c1-12-9-13(19)5-6-16(12)23-17(24)11-22-18(25)21-7-8-26-15-4-2-3-14(20)10-15/h2-6,9-10H,7-8,11H2,1H3,(H,23,24)(H2,21,22,25). The lowest BCUT2D eigenvalue weighted by Gasteiger charge is -2.11. The monoisotopic (exact) mass is 439 g/mol. The Morgan fingerprint density at radius 2 is 1.96 bits per heavy atom. The molecule has 0 radical (unpaired) electrons. The molecule has 0 aliphatic heterocycles. The maximum atomic E-state index is 11.9. The summed E-state index contributed by atoms with van der Waals surface area (Å²) in [5.74, 6) is 0.324. The Morgan fingerprint density at radius 1 is 1.15 bits per heavy atom. The van der Waals surface area contributed by atoms with Crippen LogP contribution in [0.3, 0.4) is 0 Å². The number of rotatable bonds is 7. The van der Waals surface area contributed by atoms with Crippen LogP contribution in [0.5, 0.6) is 5.75 Å². The van der Waals surface area contributed by atoms with Crippen molar-refractivity contribution < 1.29 is 14.3 Å². The number of anilines is 1. The van der Waals surface area contributed by atoms with Gasteiger partial charge >= 0.3 is 6.03 Å². The molecule has 2 rings (SSSR count). The molecule has 3 amide bonds. The van der Waals surface area contributed by atoms with Crippen molar-refractivity contribution in [1.29, 1.82) is 0 Å². The summed E-state index contributed by atoms with van der Waals surface area (Å²) in [6, 6.07) is 12.1. The second-order valence-electron chi connectivity index (χ2n) is 5.42. The summed E-state index contributed by atoms with van der Waals surface area (Å²) in [5.41, 5.74) is 1.63. The average molecular weight is 441 g/mol. The quantitative estimate of drug-likeness (QED) is 0.574. The number of urea groups is 1. The molecule has 6 nitrogen and oxygen atoms in total. The molecule has 8 heteroatoms. The molecule has 0 aromatic heterocycles. The number of amides is 3. The van der Waals surface area contributed by atoms with Crippen molar-refractivity contribution >= 4 is 45.2 Å². The van der Waals surface area contributed by atoms with E-state index in [-0.39, 0.29) is 19.1 Å². The molecule has 0 saturated carbocycles. The Bertz CT molecular complexity index is 786. The fraction of sp³-hybridized carbons (Fsp3) is 0.222. The summed E-state index contributed by atoms with van der Waals surface area (Å²) in [7, 11) is 0. The zero-order valence-electron chi connectivity index (χ0n) is 14.1. The molecule has 0 heterocycles. The molecule has 0 spiro atoms. The highest BCUT2D eigenvalue weighted by Crippen LogP contribution is 2.19. The summed E-state index contributed by atoms with van der Waals surface area (Å²) >= 11 is 9.22. The van der Waals surface area contributed by atoms with E-state index < -0.39 is 6.03 Å². The number of nitrogens with one attached hydrogen (secondary N) is 3. The number of aryl methyl sites for hydroxylation is 1. The van der Waals surface area contributed by atoms with Crippen molar-refractivity contribution in [3.05, 3.63) is 57.5 Å². The first-order valence-electron chi connectivity index (χ1n) is 7.90. The molecule has 0 bridgehead atoms. The van der Waals surface area contributed by atoms with Gasteiger partial charge in [0.25, 0.3) is 0 Å². The third kappa shape index (κ3) is 6.93. The Kier molecular flexibility index (Phi) is 7.74. The highest BCUT2D eigenvalue weighted by atomic mass is 79.9. The Balaban J connectivity index is 1.64. The minimum Gasteiger partial charge on any atom is -0.492 e. The molecule has 0 aliphatic rings. The molecular weight excluding hydrogens is 422 g/mol. The maximum Gasteiger partial charge on any atom is 0.315 e.